The van der Waals surface area contributed by atoms with E-state index in [-0.39, 0.29) is 11.8 Å². The highest BCUT2D eigenvalue weighted by Gasteiger charge is 2.24. The van der Waals surface area contributed by atoms with Gasteiger partial charge in [0.05, 0.1) is 13.2 Å². The Labute approximate surface area is 106 Å². The summed E-state index contributed by atoms with van der Waals surface area (Å²) in [6.45, 7) is 2.79. The van der Waals surface area contributed by atoms with Crippen LogP contribution in [0.25, 0.3) is 0 Å². The van der Waals surface area contributed by atoms with Gasteiger partial charge >= 0.3 is 0 Å². The van der Waals surface area contributed by atoms with Crippen LogP contribution in [0.1, 0.15) is 11.6 Å². The number of hydrogen-bond donors (Lipinski definition) is 2. The first-order valence-electron chi connectivity index (χ1n) is 6.14. The second-order valence-corrected chi connectivity index (χ2v) is 4.38. The van der Waals surface area contributed by atoms with E-state index in [1.165, 1.54) is 13.2 Å². The van der Waals surface area contributed by atoms with Crippen molar-refractivity contribution in [1.82, 2.24) is 10.2 Å². The largest absolute Gasteiger partial charge is 0.507 e. The predicted molar refractivity (Wildman–Crippen MR) is 67.8 cm³/mol. The number of hydrogen-bond acceptors (Lipinski definition) is 4. The summed E-state index contributed by atoms with van der Waals surface area (Å²) in [5.74, 6) is 0.671. The van der Waals surface area contributed by atoms with E-state index >= 15 is 0 Å². The second-order valence-electron chi connectivity index (χ2n) is 4.38. The van der Waals surface area contributed by atoms with Gasteiger partial charge in [0.15, 0.2) is 0 Å². The van der Waals surface area contributed by atoms with Crippen LogP contribution in [0.4, 0.5) is 4.39 Å². The number of halogens is 1. The van der Waals surface area contributed by atoms with Gasteiger partial charge in [0.25, 0.3) is 0 Å². The number of methoxy groups -OCH3 is 1. The van der Waals surface area contributed by atoms with Crippen molar-refractivity contribution in [1.29, 1.82) is 0 Å². The lowest BCUT2D eigenvalue weighted by Gasteiger charge is -2.33. The SMILES string of the molecule is COc1ccc([C@@H](CF)N2CCNCC2)c(O)c1. The van der Waals surface area contributed by atoms with Gasteiger partial charge in [0.2, 0.25) is 0 Å². The van der Waals surface area contributed by atoms with Crippen LogP contribution in [0.3, 0.4) is 0 Å². The van der Waals surface area contributed by atoms with Crippen molar-refractivity contribution in [2.75, 3.05) is 40.0 Å². The Hall–Kier alpha value is -1.33. The molecule has 2 N–H and O–H groups in total. The second kappa shape index (κ2) is 6.02. The van der Waals surface area contributed by atoms with Gasteiger partial charge in [-0.1, -0.05) is 0 Å². The minimum atomic E-state index is -0.500. The van der Waals surface area contributed by atoms with Crippen LogP contribution in [-0.2, 0) is 0 Å². The van der Waals surface area contributed by atoms with Crippen molar-refractivity contribution in [3.63, 3.8) is 0 Å². The molecule has 4 nitrogen and oxygen atoms in total. The van der Waals surface area contributed by atoms with Crippen molar-refractivity contribution < 1.29 is 14.2 Å². The molecule has 1 aromatic carbocycles. The van der Waals surface area contributed by atoms with Crippen molar-refractivity contribution in [3.8, 4) is 11.5 Å². The molecule has 1 aliphatic heterocycles. The molecule has 18 heavy (non-hydrogen) atoms. The maximum Gasteiger partial charge on any atom is 0.124 e. The maximum atomic E-state index is 13.3. The topological polar surface area (TPSA) is 44.7 Å². The van der Waals surface area contributed by atoms with E-state index in [4.69, 9.17) is 4.74 Å². The highest BCUT2D eigenvalue weighted by atomic mass is 19.1. The predicted octanol–water partition coefficient (Wildman–Crippen LogP) is 1.32. The molecule has 2 rings (SSSR count). The minimum absolute atomic E-state index is 0.0931. The number of phenolic OH excluding ortho intramolecular Hbond substituents is 1. The van der Waals surface area contributed by atoms with Crippen LogP contribution in [0, 0.1) is 0 Å². The van der Waals surface area contributed by atoms with Gasteiger partial charge in [-0.15, -0.1) is 0 Å². The van der Waals surface area contributed by atoms with Gasteiger partial charge in [-0.2, -0.15) is 0 Å². The average molecular weight is 254 g/mol. The first-order chi connectivity index (χ1) is 8.76. The van der Waals surface area contributed by atoms with Crippen molar-refractivity contribution in [2.24, 2.45) is 0 Å². The summed E-state index contributed by atoms with van der Waals surface area (Å²) in [4.78, 5) is 2.05. The molecule has 0 aliphatic carbocycles. The Kier molecular flexibility index (Phi) is 4.38. The minimum Gasteiger partial charge on any atom is -0.507 e. The zero-order chi connectivity index (χ0) is 13.0. The Bertz CT molecular complexity index is 395. The summed E-state index contributed by atoms with van der Waals surface area (Å²) in [5, 5.41) is 13.2. The number of benzene rings is 1. The van der Waals surface area contributed by atoms with Crippen LogP contribution < -0.4 is 10.1 Å². The van der Waals surface area contributed by atoms with E-state index < -0.39 is 6.67 Å². The van der Waals surface area contributed by atoms with Crippen molar-refractivity contribution >= 4 is 0 Å². The van der Waals surface area contributed by atoms with E-state index in [1.54, 1.807) is 12.1 Å². The lowest BCUT2D eigenvalue weighted by Crippen LogP contribution is -2.45. The van der Waals surface area contributed by atoms with Crippen molar-refractivity contribution in [3.05, 3.63) is 23.8 Å². The van der Waals surface area contributed by atoms with Gasteiger partial charge in [-0.05, 0) is 12.1 Å². The number of aromatic hydroxyl groups is 1. The molecule has 0 radical (unpaired) electrons. The molecule has 0 spiro atoms. The first-order valence-corrected chi connectivity index (χ1v) is 6.14. The molecule has 100 valence electrons. The van der Waals surface area contributed by atoms with Crippen LogP contribution >= 0.6 is 0 Å². The van der Waals surface area contributed by atoms with E-state index in [0.29, 0.717) is 11.3 Å². The molecular weight excluding hydrogens is 235 g/mol. The normalized spacial score (nSPS) is 18.6. The summed E-state index contributed by atoms with van der Waals surface area (Å²) >= 11 is 0. The van der Waals surface area contributed by atoms with Crippen LogP contribution in [-0.4, -0.2) is 50.0 Å². The Balaban J connectivity index is 2.20. The summed E-state index contributed by atoms with van der Waals surface area (Å²) < 4.78 is 18.3. The van der Waals surface area contributed by atoms with Gasteiger partial charge in [0.1, 0.15) is 18.2 Å². The molecule has 0 aromatic heterocycles. The smallest absolute Gasteiger partial charge is 0.124 e. The van der Waals surface area contributed by atoms with E-state index in [9.17, 15) is 9.50 Å². The van der Waals surface area contributed by atoms with Crippen LogP contribution in [0.2, 0.25) is 0 Å². The lowest BCUT2D eigenvalue weighted by atomic mass is 10.0. The fraction of sp³-hybridized carbons (Fsp3) is 0.538. The lowest BCUT2D eigenvalue weighted by molar-refractivity contribution is 0.145. The van der Waals surface area contributed by atoms with Gasteiger partial charge in [-0.3, -0.25) is 4.90 Å². The zero-order valence-corrected chi connectivity index (χ0v) is 10.5. The monoisotopic (exact) mass is 254 g/mol. The van der Waals surface area contributed by atoms with Gasteiger partial charge < -0.3 is 15.2 Å². The number of ether oxygens (including phenoxy) is 1. The molecule has 0 bridgehead atoms. The number of piperazine rings is 1. The molecule has 0 unspecified atom stereocenters. The molecule has 1 heterocycles. The summed E-state index contributed by atoms with van der Waals surface area (Å²) in [7, 11) is 1.54. The van der Waals surface area contributed by atoms with Gasteiger partial charge in [0, 0.05) is 37.8 Å². The Morgan fingerprint density at radius 1 is 1.44 bits per heavy atom. The zero-order valence-electron chi connectivity index (χ0n) is 10.5. The maximum absolute atomic E-state index is 13.3. The number of nitrogens with one attached hydrogen (secondary N) is 1. The molecule has 5 heteroatoms. The standard InChI is InChI=1S/C13H19FN2O2/c1-18-10-2-3-11(13(17)8-10)12(9-14)16-6-4-15-5-7-16/h2-3,8,12,15,17H,4-7,9H2,1H3/t12-/m1/s1. The van der Waals surface area contributed by atoms with E-state index in [0.717, 1.165) is 26.2 Å². The third-order valence-electron chi connectivity index (χ3n) is 3.34. The fourth-order valence-electron chi connectivity index (χ4n) is 2.30. The number of phenols is 1. The number of nitrogens with zero attached hydrogens (tertiary/aromatic N) is 1. The Morgan fingerprint density at radius 3 is 2.72 bits per heavy atom. The third kappa shape index (κ3) is 2.73. The summed E-state index contributed by atoms with van der Waals surface area (Å²) in [6.07, 6.45) is 0. The molecule has 1 aliphatic rings. The van der Waals surface area contributed by atoms with Crippen LogP contribution in [0.15, 0.2) is 18.2 Å². The summed E-state index contributed by atoms with van der Waals surface area (Å²) in [5.41, 5.74) is 0.625. The van der Waals surface area contributed by atoms with Gasteiger partial charge in [-0.25, -0.2) is 4.39 Å². The third-order valence-corrected chi connectivity index (χ3v) is 3.34. The highest BCUT2D eigenvalue weighted by molar-refractivity contribution is 5.41. The van der Waals surface area contributed by atoms with E-state index in [1.807, 2.05) is 0 Å². The highest BCUT2D eigenvalue weighted by Crippen LogP contribution is 2.32. The average Bonchev–Trinajstić information content (AvgIpc) is 2.42. The van der Waals surface area contributed by atoms with Crippen LogP contribution in [0.5, 0.6) is 11.5 Å². The Morgan fingerprint density at radius 2 is 2.17 bits per heavy atom. The summed E-state index contributed by atoms with van der Waals surface area (Å²) in [6, 6.07) is 4.64. The number of rotatable bonds is 4. The molecule has 1 fully saturated rings. The molecule has 1 atom stereocenters. The fourth-order valence-corrected chi connectivity index (χ4v) is 2.30. The molecule has 1 aromatic rings. The molecule has 0 amide bonds. The number of alkyl halides is 1. The quantitative estimate of drug-likeness (QED) is 0.850. The first kappa shape index (κ1) is 13.1. The molecule has 0 saturated carbocycles. The molecular formula is C13H19FN2O2. The van der Waals surface area contributed by atoms with E-state index in [2.05, 4.69) is 10.2 Å². The van der Waals surface area contributed by atoms with Crippen molar-refractivity contribution in [2.45, 2.75) is 6.04 Å². The molecule has 1 saturated heterocycles.